The van der Waals surface area contributed by atoms with Gasteiger partial charge in [-0.1, -0.05) is 18.2 Å². The van der Waals surface area contributed by atoms with Gasteiger partial charge in [-0.2, -0.15) is 0 Å². The van der Waals surface area contributed by atoms with Crippen molar-refractivity contribution in [2.75, 3.05) is 6.79 Å². The van der Waals surface area contributed by atoms with Gasteiger partial charge in [-0.15, -0.1) is 0 Å². The molecule has 5 nitrogen and oxygen atoms in total. The van der Waals surface area contributed by atoms with Crippen LogP contribution in [0.4, 0.5) is 9.18 Å². The molecule has 0 bridgehead atoms. The lowest BCUT2D eigenvalue weighted by Gasteiger charge is -2.15. The van der Waals surface area contributed by atoms with E-state index in [-0.39, 0.29) is 24.7 Å². The molecule has 1 aliphatic heterocycles. The summed E-state index contributed by atoms with van der Waals surface area (Å²) >= 11 is 0. The predicted molar refractivity (Wildman–Crippen MR) is 82.8 cm³/mol. The summed E-state index contributed by atoms with van der Waals surface area (Å²) in [5.74, 6) is 1.10. The van der Waals surface area contributed by atoms with Crippen molar-refractivity contribution < 1.29 is 18.7 Å². The highest BCUT2D eigenvalue weighted by Crippen LogP contribution is 2.34. The molecule has 2 N–H and O–H groups in total. The summed E-state index contributed by atoms with van der Waals surface area (Å²) < 4.78 is 23.4. The van der Waals surface area contributed by atoms with Crippen LogP contribution >= 0.6 is 0 Å². The Morgan fingerprint density at radius 1 is 1.17 bits per heavy atom. The van der Waals surface area contributed by atoms with E-state index in [0.29, 0.717) is 18.0 Å². The Morgan fingerprint density at radius 2 is 1.91 bits per heavy atom. The van der Waals surface area contributed by atoms with E-state index in [1.54, 1.807) is 12.1 Å². The number of carbonyl (C=O) groups is 1. The van der Waals surface area contributed by atoms with Gasteiger partial charge in [0.25, 0.3) is 0 Å². The lowest BCUT2D eigenvalue weighted by molar-refractivity contribution is 0.174. The maximum absolute atomic E-state index is 12.8. The number of ether oxygens (including phenoxy) is 2. The van der Waals surface area contributed by atoms with Crippen molar-refractivity contribution >= 4 is 6.03 Å². The largest absolute Gasteiger partial charge is 0.454 e. The molecule has 3 rings (SSSR count). The van der Waals surface area contributed by atoms with E-state index in [2.05, 4.69) is 10.6 Å². The zero-order valence-corrected chi connectivity index (χ0v) is 12.6. The first kappa shape index (κ1) is 15.1. The minimum atomic E-state index is -0.297. The highest BCUT2D eigenvalue weighted by Gasteiger charge is 2.16. The third-order valence-electron chi connectivity index (χ3n) is 3.61. The smallest absolute Gasteiger partial charge is 0.315 e. The van der Waals surface area contributed by atoms with Crippen LogP contribution in [0.25, 0.3) is 0 Å². The summed E-state index contributed by atoms with van der Waals surface area (Å²) in [6.07, 6.45) is 0. The van der Waals surface area contributed by atoms with Gasteiger partial charge >= 0.3 is 6.03 Å². The maximum atomic E-state index is 12.8. The van der Waals surface area contributed by atoms with Gasteiger partial charge in [0.05, 0.1) is 6.04 Å². The second-order valence-corrected chi connectivity index (χ2v) is 5.29. The zero-order chi connectivity index (χ0) is 16.2. The van der Waals surface area contributed by atoms with Gasteiger partial charge in [0.2, 0.25) is 6.79 Å². The number of amides is 2. The van der Waals surface area contributed by atoms with Crippen LogP contribution in [-0.2, 0) is 6.54 Å². The topological polar surface area (TPSA) is 59.6 Å². The van der Waals surface area contributed by atoms with Gasteiger partial charge in [0.1, 0.15) is 5.82 Å². The molecule has 2 aromatic carbocycles. The molecule has 120 valence electrons. The Morgan fingerprint density at radius 3 is 2.70 bits per heavy atom. The first-order valence-corrected chi connectivity index (χ1v) is 7.30. The van der Waals surface area contributed by atoms with Crippen LogP contribution in [-0.4, -0.2) is 12.8 Å². The monoisotopic (exact) mass is 316 g/mol. The van der Waals surface area contributed by atoms with E-state index >= 15 is 0 Å². The fraction of sp³-hybridized carbons (Fsp3) is 0.235. The minimum absolute atomic E-state index is 0.183. The third kappa shape index (κ3) is 3.71. The van der Waals surface area contributed by atoms with Crippen LogP contribution in [0.3, 0.4) is 0 Å². The summed E-state index contributed by atoms with van der Waals surface area (Å²) in [6.45, 7) is 2.44. The molecule has 1 heterocycles. The van der Waals surface area contributed by atoms with E-state index in [1.807, 2.05) is 25.1 Å². The summed E-state index contributed by atoms with van der Waals surface area (Å²) in [6, 6.07) is 11.1. The SMILES string of the molecule is CC(NC(=O)NCc1ccc(F)cc1)c1ccc2c(c1)OCO2. The molecular weight excluding hydrogens is 299 g/mol. The molecule has 0 aromatic heterocycles. The first-order valence-electron chi connectivity index (χ1n) is 7.30. The molecule has 1 aliphatic rings. The van der Waals surface area contributed by atoms with Gasteiger partial charge in [-0.25, -0.2) is 9.18 Å². The Kier molecular flexibility index (Phi) is 4.32. The second kappa shape index (κ2) is 6.56. The van der Waals surface area contributed by atoms with Gasteiger partial charge < -0.3 is 20.1 Å². The molecule has 0 saturated heterocycles. The van der Waals surface area contributed by atoms with Crippen molar-refractivity contribution in [3.8, 4) is 11.5 Å². The number of hydrogen-bond donors (Lipinski definition) is 2. The molecule has 1 unspecified atom stereocenters. The first-order chi connectivity index (χ1) is 11.1. The van der Waals surface area contributed by atoms with Crippen molar-refractivity contribution in [1.82, 2.24) is 10.6 Å². The average molecular weight is 316 g/mol. The fourth-order valence-electron chi connectivity index (χ4n) is 2.30. The quantitative estimate of drug-likeness (QED) is 0.911. The van der Waals surface area contributed by atoms with Crippen LogP contribution in [0, 0.1) is 5.82 Å². The van der Waals surface area contributed by atoms with E-state index < -0.39 is 0 Å². The van der Waals surface area contributed by atoms with Crippen molar-refractivity contribution in [1.29, 1.82) is 0 Å². The standard InChI is InChI=1S/C17H17FN2O3/c1-11(13-4-7-15-16(8-13)23-10-22-15)20-17(21)19-9-12-2-5-14(18)6-3-12/h2-8,11H,9-10H2,1H3,(H2,19,20,21). The van der Waals surface area contributed by atoms with E-state index in [0.717, 1.165) is 11.1 Å². The molecule has 0 radical (unpaired) electrons. The van der Waals surface area contributed by atoms with Gasteiger partial charge in [-0.3, -0.25) is 0 Å². The molecule has 0 spiro atoms. The highest BCUT2D eigenvalue weighted by atomic mass is 19.1. The molecule has 1 atom stereocenters. The van der Waals surface area contributed by atoms with Crippen molar-refractivity contribution in [2.45, 2.75) is 19.5 Å². The third-order valence-corrected chi connectivity index (χ3v) is 3.61. The van der Waals surface area contributed by atoms with Crippen LogP contribution in [0.15, 0.2) is 42.5 Å². The van der Waals surface area contributed by atoms with E-state index in [4.69, 9.17) is 9.47 Å². The summed E-state index contributed by atoms with van der Waals surface area (Å²) in [4.78, 5) is 11.9. The molecule has 6 heteroatoms. The number of urea groups is 1. The highest BCUT2D eigenvalue weighted by molar-refractivity contribution is 5.74. The fourth-order valence-corrected chi connectivity index (χ4v) is 2.30. The summed E-state index contributed by atoms with van der Waals surface area (Å²) in [5, 5.41) is 5.59. The number of halogens is 1. The zero-order valence-electron chi connectivity index (χ0n) is 12.6. The number of hydrogen-bond acceptors (Lipinski definition) is 3. The molecule has 0 fully saturated rings. The number of rotatable bonds is 4. The van der Waals surface area contributed by atoms with Crippen LogP contribution < -0.4 is 20.1 Å². The second-order valence-electron chi connectivity index (χ2n) is 5.29. The Hall–Kier alpha value is -2.76. The molecule has 0 aliphatic carbocycles. The minimum Gasteiger partial charge on any atom is -0.454 e. The van der Waals surface area contributed by atoms with Gasteiger partial charge in [0, 0.05) is 6.54 Å². The van der Waals surface area contributed by atoms with Gasteiger partial charge in [0.15, 0.2) is 11.5 Å². The van der Waals surface area contributed by atoms with Gasteiger partial charge in [-0.05, 0) is 42.3 Å². The average Bonchev–Trinajstić information content (AvgIpc) is 3.02. The molecule has 23 heavy (non-hydrogen) atoms. The van der Waals surface area contributed by atoms with Crippen LogP contribution in [0.5, 0.6) is 11.5 Å². The van der Waals surface area contributed by atoms with Crippen molar-refractivity contribution in [2.24, 2.45) is 0 Å². The molecule has 2 amide bonds. The lowest BCUT2D eigenvalue weighted by Crippen LogP contribution is -2.36. The molecular formula is C17H17FN2O3. The predicted octanol–water partition coefficient (Wildman–Crippen LogP) is 3.11. The Bertz CT molecular complexity index is 703. The summed E-state index contributed by atoms with van der Waals surface area (Å²) in [5.41, 5.74) is 1.75. The normalized spacial score (nSPS) is 13.5. The van der Waals surface area contributed by atoms with E-state index in [9.17, 15) is 9.18 Å². The Labute approximate surface area is 133 Å². The van der Waals surface area contributed by atoms with Crippen LogP contribution in [0.2, 0.25) is 0 Å². The van der Waals surface area contributed by atoms with Crippen molar-refractivity contribution in [3.63, 3.8) is 0 Å². The summed E-state index contributed by atoms with van der Waals surface area (Å²) in [7, 11) is 0. The maximum Gasteiger partial charge on any atom is 0.315 e. The number of benzene rings is 2. The van der Waals surface area contributed by atoms with E-state index in [1.165, 1.54) is 12.1 Å². The molecule has 0 saturated carbocycles. The number of fused-ring (bicyclic) bond motifs is 1. The van der Waals surface area contributed by atoms with Crippen molar-refractivity contribution in [3.05, 3.63) is 59.4 Å². The Balaban J connectivity index is 1.54. The number of nitrogens with one attached hydrogen (secondary N) is 2. The number of carbonyl (C=O) groups excluding carboxylic acids is 1. The lowest BCUT2D eigenvalue weighted by atomic mass is 10.1. The van der Waals surface area contributed by atoms with Crippen LogP contribution in [0.1, 0.15) is 24.1 Å². The molecule has 2 aromatic rings.